The first-order valence-electron chi connectivity index (χ1n) is 13.5. The Morgan fingerprint density at radius 3 is 2.57 bits per heavy atom. The molecule has 2 N–H and O–H groups in total. The van der Waals surface area contributed by atoms with Crippen LogP contribution >= 0.6 is 11.6 Å². The lowest BCUT2D eigenvalue weighted by molar-refractivity contribution is -0.0741. The highest BCUT2D eigenvalue weighted by molar-refractivity contribution is 7.89. The summed E-state index contributed by atoms with van der Waals surface area (Å²) in [6.07, 6.45) is 3.77. The number of anilines is 2. The molecule has 4 heterocycles. The topological polar surface area (TPSA) is 118 Å². The van der Waals surface area contributed by atoms with Gasteiger partial charge in [-0.1, -0.05) is 35.9 Å². The second kappa shape index (κ2) is 10.3. The smallest absolute Gasteiger partial charge is 0.259 e. The third-order valence-corrected chi connectivity index (χ3v) is 9.57. The largest absolute Gasteiger partial charge is 0.365 e. The molecule has 13 heteroatoms. The van der Waals surface area contributed by atoms with E-state index in [0.717, 1.165) is 6.07 Å². The molecule has 0 aliphatic carbocycles. The minimum atomic E-state index is -4.00. The van der Waals surface area contributed by atoms with E-state index in [9.17, 15) is 17.6 Å². The van der Waals surface area contributed by atoms with Crippen molar-refractivity contribution >= 4 is 44.7 Å². The van der Waals surface area contributed by atoms with Gasteiger partial charge in [-0.15, -0.1) is 0 Å². The van der Waals surface area contributed by atoms with E-state index in [4.69, 9.17) is 16.3 Å². The first-order chi connectivity index (χ1) is 19.9. The van der Waals surface area contributed by atoms with Crippen LogP contribution in [0.25, 0.3) is 5.65 Å². The number of sulfonamides is 1. The van der Waals surface area contributed by atoms with Gasteiger partial charge >= 0.3 is 0 Å². The minimum absolute atomic E-state index is 0.0117. The molecule has 2 aliphatic rings. The lowest BCUT2D eigenvalue weighted by Crippen LogP contribution is -2.45. The molecule has 220 valence electrons. The molecular formula is C29H30ClFN6O4S. The predicted octanol–water partition coefficient (Wildman–Crippen LogP) is 5.00. The molecule has 2 aliphatic heterocycles. The maximum atomic E-state index is 14.0. The number of fused-ring (bicyclic) bond motifs is 3. The molecule has 42 heavy (non-hydrogen) atoms. The number of halogens is 2. The summed E-state index contributed by atoms with van der Waals surface area (Å²) in [6, 6.07) is 11.9. The third kappa shape index (κ3) is 5.13. The number of nitrogens with zero attached hydrogens (tertiary/aromatic N) is 4. The van der Waals surface area contributed by atoms with Crippen LogP contribution in [0.3, 0.4) is 0 Å². The number of likely N-dealkylation sites (tertiary alicyclic amines) is 1. The van der Waals surface area contributed by atoms with E-state index in [-0.39, 0.29) is 32.9 Å². The predicted molar refractivity (Wildman–Crippen MR) is 156 cm³/mol. The maximum Gasteiger partial charge on any atom is 0.259 e. The fourth-order valence-electron chi connectivity index (χ4n) is 5.59. The van der Waals surface area contributed by atoms with E-state index in [1.165, 1.54) is 40.2 Å². The summed E-state index contributed by atoms with van der Waals surface area (Å²) in [6.45, 7) is 6.60. The number of hydrogen-bond acceptors (Lipinski definition) is 7. The van der Waals surface area contributed by atoms with Gasteiger partial charge in [0.1, 0.15) is 22.1 Å². The molecule has 10 nitrogen and oxygen atoms in total. The summed E-state index contributed by atoms with van der Waals surface area (Å²) in [5, 5.41) is 7.45. The van der Waals surface area contributed by atoms with Gasteiger partial charge in [0.2, 0.25) is 10.0 Å². The molecule has 0 saturated carbocycles. The van der Waals surface area contributed by atoms with E-state index in [0.29, 0.717) is 38.2 Å². The van der Waals surface area contributed by atoms with E-state index in [1.54, 1.807) is 25.7 Å². The average Bonchev–Trinajstić information content (AvgIpc) is 3.52. The Kier molecular flexibility index (Phi) is 7.00. The fraction of sp³-hybridized carbons (Fsp3) is 0.345. The Morgan fingerprint density at radius 1 is 1.12 bits per heavy atom. The summed E-state index contributed by atoms with van der Waals surface area (Å²) >= 11 is 6.31. The normalized spacial score (nSPS) is 16.6. The molecule has 0 unspecified atom stereocenters. The lowest BCUT2D eigenvalue weighted by atomic mass is 9.83. The van der Waals surface area contributed by atoms with Crippen LogP contribution in [0.15, 0.2) is 59.8 Å². The van der Waals surface area contributed by atoms with Gasteiger partial charge in [0, 0.05) is 24.8 Å². The van der Waals surface area contributed by atoms with Crippen molar-refractivity contribution in [1.82, 2.24) is 24.2 Å². The zero-order valence-corrected chi connectivity index (χ0v) is 24.9. The maximum absolute atomic E-state index is 14.0. The lowest BCUT2D eigenvalue weighted by Gasteiger charge is -2.39. The van der Waals surface area contributed by atoms with Gasteiger partial charge in [-0.2, -0.15) is 9.61 Å². The van der Waals surface area contributed by atoms with Gasteiger partial charge in [0.25, 0.3) is 5.91 Å². The Hall–Kier alpha value is -3.58. The molecule has 2 aromatic heterocycles. The van der Waals surface area contributed by atoms with Crippen LogP contribution in [-0.2, 0) is 27.0 Å². The summed E-state index contributed by atoms with van der Waals surface area (Å²) in [5.41, 5.74) is 1.63. The number of amides is 1. The highest BCUT2D eigenvalue weighted by Crippen LogP contribution is 2.44. The molecule has 1 saturated heterocycles. The van der Waals surface area contributed by atoms with Gasteiger partial charge in [0.05, 0.1) is 29.1 Å². The van der Waals surface area contributed by atoms with E-state index in [2.05, 4.69) is 32.3 Å². The molecule has 2 aromatic carbocycles. The van der Waals surface area contributed by atoms with Crippen LogP contribution < -0.4 is 10.0 Å². The van der Waals surface area contributed by atoms with Crippen LogP contribution in [-0.4, -0.2) is 52.5 Å². The van der Waals surface area contributed by atoms with Crippen molar-refractivity contribution in [2.24, 2.45) is 0 Å². The van der Waals surface area contributed by atoms with Crippen molar-refractivity contribution in [3.8, 4) is 0 Å². The van der Waals surface area contributed by atoms with Crippen LogP contribution in [0.2, 0.25) is 5.02 Å². The Bertz CT molecular complexity index is 1810. The number of hydrogen-bond donors (Lipinski definition) is 2. The summed E-state index contributed by atoms with van der Waals surface area (Å²) < 4.78 is 50.3. The Balaban J connectivity index is 1.37. The molecule has 0 radical (unpaired) electrons. The molecule has 1 fully saturated rings. The van der Waals surface area contributed by atoms with Gasteiger partial charge in [-0.25, -0.2) is 22.5 Å². The highest BCUT2D eigenvalue weighted by Gasteiger charge is 2.43. The number of nitrogens with one attached hydrogen (secondary N) is 2. The summed E-state index contributed by atoms with van der Waals surface area (Å²) in [7, 11) is -4.00. The van der Waals surface area contributed by atoms with E-state index in [1.807, 2.05) is 12.1 Å². The van der Waals surface area contributed by atoms with Gasteiger partial charge in [-0.3, -0.25) is 4.79 Å². The van der Waals surface area contributed by atoms with E-state index >= 15 is 0 Å². The number of carbonyl (C=O) groups is 1. The van der Waals surface area contributed by atoms with Crippen LogP contribution in [0, 0.1) is 5.82 Å². The van der Waals surface area contributed by atoms with Crippen molar-refractivity contribution in [1.29, 1.82) is 0 Å². The quantitative estimate of drug-likeness (QED) is 0.325. The SMILES string of the molecule is CC(C)(C)NS(=O)(=O)c1cnn2c(Nc3ccc(F)cc3Cl)c(C(=O)N3CCC4(CC3)OCc3ccccc34)cnc12. The van der Waals surface area contributed by atoms with Crippen LogP contribution in [0.5, 0.6) is 0 Å². The Morgan fingerprint density at radius 2 is 1.86 bits per heavy atom. The zero-order valence-electron chi connectivity index (χ0n) is 23.3. The van der Waals surface area contributed by atoms with Crippen molar-refractivity contribution in [3.63, 3.8) is 0 Å². The molecular weight excluding hydrogens is 583 g/mol. The minimum Gasteiger partial charge on any atom is -0.365 e. The monoisotopic (exact) mass is 612 g/mol. The number of ether oxygens (including phenoxy) is 1. The summed E-state index contributed by atoms with van der Waals surface area (Å²) in [4.78, 5) is 19.9. The summed E-state index contributed by atoms with van der Waals surface area (Å²) in [5.74, 6) is -0.696. The number of aromatic nitrogens is 3. The molecule has 1 spiro atoms. The zero-order chi connectivity index (χ0) is 29.9. The van der Waals surface area contributed by atoms with Crippen LogP contribution in [0.1, 0.15) is 55.1 Å². The Labute approximate surface area is 247 Å². The highest BCUT2D eigenvalue weighted by atomic mass is 35.5. The van der Waals surface area contributed by atoms with Crippen molar-refractivity contribution in [2.75, 3.05) is 18.4 Å². The standard InChI is InChI=1S/C29H30ClFN6O4S/c1-28(2,3)35-42(39,40)24-16-33-37-25(34-23-9-8-19(31)14-22(23)30)20(15-32-26(24)37)27(38)36-12-10-29(11-13-36)21-7-5-4-6-18(21)17-41-29/h4-9,14-16,34-35H,10-13,17H2,1-3H3. The second-order valence-electron chi connectivity index (χ2n) is 11.6. The van der Waals surface area contributed by atoms with Crippen molar-refractivity contribution in [3.05, 3.63) is 82.4 Å². The number of rotatable bonds is 5. The molecule has 4 aromatic rings. The second-order valence-corrected chi connectivity index (χ2v) is 13.7. The first-order valence-corrected chi connectivity index (χ1v) is 15.4. The number of piperidine rings is 1. The fourth-order valence-corrected chi connectivity index (χ4v) is 7.29. The van der Waals surface area contributed by atoms with Crippen molar-refractivity contribution in [2.45, 2.75) is 56.3 Å². The number of carbonyl (C=O) groups excluding carboxylic acids is 1. The van der Waals surface area contributed by atoms with Crippen LogP contribution in [0.4, 0.5) is 15.9 Å². The first kappa shape index (κ1) is 28.5. The van der Waals surface area contributed by atoms with Crippen molar-refractivity contribution < 1.29 is 22.3 Å². The van der Waals surface area contributed by atoms with Gasteiger partial charge in [-0.05, 0) is 62.9 Å². The molecule has 0 atom stereocenters. The van der Waals surface area contributed by atoms with E-state index < -0.39 is 27.0 Å². The molecule has 6 rings (SSSR count). The molecule has 0 bridgehead atoms. The average molecular weight is 613 g/mol. The van der Waals surface area contributed by atoms with Gasteiger partial charge < -0.3 is 15.0 Å². The number of benzene rings is 2. The third-order valence-electron chi connectivity index (χ3n) is 7.51. The molecule has 1 amide bonds. The van der Waals surface area contributed by atoms with Gasteiger partial charge in [0.15, 0.2) is 5.65 Å².